The molecule has 0 atom stereocenters. The van der Waals surface area contributed by atoms with Gasteiger partial charge in [0.15, 0.2) is 5.84 Å². The van der Waals surface area contributed by atoms with Crippen molar-refractivity contribution in [3.63, 3.8) is 0 Å². The molecule has 0 radical (unpaired) electrons. The molecule has 20 heavy (non-hydrogen) atoms. The first-order chi connectivity index (χ1) is 9.54. The highest BCUT2D eigenvalue weighted by atomic mass is 15.0. The number of hydrogen-bond donors (Lipinski definition) is 1. The molecule has 1 N–H and O–H groups in total. The first-order valence-corrected chi connectivity index (χ1v) is 6.90. The molecule has 0 saturated carbocycles. The van der Waals surface area contributed by atoms with Crippen molar-refractivity contribution in [3.05, 3.63) is 59.4 Å². The molecule has 3 nitrogen and oxygen atoms in total. The van der Waals surface area contributed by atoms with Crippen LogP contribution in [0.1, 0.15) is 37.6 Å². The molecule has 0 bridgehead atoms. The van der Waals surface area contributed by atoms with Crippen molar-refractivity contribution in [2.75, 3.05) is 5.32 Å². The van der Waals surface area contributed by atoms with Crippen LogP contribution in [0.15, 0.2) is 47.6 Å². The maximum Gasteiger partial charge on any atom is 0.152 e. The number of pyridine rings is 1. The highest BCUT2D eigenvalue weighted by Crippen LogP contribution is 2.25. The van der Waals surface area contributed by atoms with Crippen LogP contribution in [0.2, 0.25) is 0 Å². The number of nitrogens with zero attached hydrogens (tertiary/aromatic N) is 2. The van der Waals surface area contributed by atoms with Crippen LogP contribution >= 0.6 is 0 Å². The van der Waals surface area contributed by atoms with Gasteiger partial charge in [0.25, 0.3) is 0 Å². The molecule has 1 aromatic carbocycles. The van der Waals surface area contributed by atoms with Gasteiger partial charge in [-0.15, -0.1) is 0 Å². The topological polar surface area (TPSA) is 37.3 Å². The summed E-state index contributed by atoms with van der Waals surface area (Å²) in [6, 6.07) is 12.5. The Kier molecular flexibility index (Phi) is 3.05. The Hall–Kier alpha value is -2.16. The molecule has 0 fully saturated rings. The number of hydrogen-bond acceptors (Lipinski definition) is 3. The summed E-state index contributed by atoms with van der Waals surface area (Å²) >= 11 is 0. The fraction of sp³-hybridized carbons (Fsp3) is 0.294. The third kappa shape index (κ3) is 2.44. The van der Waals surface area contributed by atoms with Crippen molar-refractivity contribution < 1.29 is 0 Å². The van der Waals surface area contributed by atoms with Crippen LogP contribution in [0.5, 0.6) is 0 Å². The van der Waals surface area contributed by atoms with Crippen molar-refractivity contribution in [1.82, 2.24) is 4.98 Å². The Morgan fingerprint density at radius 3 is 2.75 bits per heavy atom. The van der Waals surface area contributed by atoms with Crippen LogP contribution in [0.3, 0.4) is 0 Å². The van der Waals surface area contributed by atoms with Crippen molar-refractivity contribution in [2.24, 2.45) is 4.99 Å². The number of anilines is 1. The van der Waals surface area contributed by atoms with Crippen LogP contribution in [0, 0.1) is 0 Å². The number of fused-ring (bicyclic) bond motifs is 1. The standard InChI is InChI=1S/C17H19N3/c1-17(2,3)13-7-4-8-14(10-13)20-16-15-12(11-19-16)6-5-9-18-15/h4-10H,11H2,1-3H3,(H,19,20). The van der Waals surface area contributed by atoms with Gasteiger partial charge in [0.2, 0.25) is 0 Å². The zero-order valence-electron chi connectivity index (χ0n) is 12.1. The van der Waals surface area contributed by atoms with Gasteiger partial charge in [-0.05, 0) is 29.2 Å². The third-order valence-corrected chi connectivity index (χ3v) is 3.51. The Labute approximate surface area is 119 Å². The van der Waals surface area contributed by atoms with Gasteiger partial charge in [-0.3, -0.25) is 9.98 Å². The monoisotopic (exact) mass is 265 g/mol. The molecule has 2 aromatic rings. The lowest BCUT2D eigenvalue weighted by Crippen LogP contribution is -2.15. The maximum absolute atomic E-state index is 4.53. The Morgan fingerprint density at radius 1 is 1.10 bits per heavy atom. The second kappa shape index (κ2) is 4.75. The lowest BCUT2D eigenvalue weighted by Gasteiger charge is -2.20. The number of benzene rings is 1. The van der Waals surface area contributed by atoms with Gasteiger partial charge in [0.05, 0.1) is 6.54 Å². The molecular weight excluding hydrogens is 246 g/mol. The summed E-state index contributed by atoms with van der Waals surface area (Å²) in [6.45, 7) is 7.37. The van der Waals surface area contributed by atoms with E-state index in [1.807, 2.05) is 12.3 Å². The summed E-state index contributed by atoms with van der Waals surface area (Å²) in [5, 5.41) is 3.40. The summed E-state index contributed by atoms with van der Waals surface area (Å²) in [5.41, 5.74) is 4.67. The van der Waals surface area contributed by atoms with Gasteiger partial charge in [0, 0.05) is 17.4 Å². The van der Waals surface area contributed by atoms with Gasteiger partial charge in [-0.1, -0.05) is 39.0 Å². The zero-order valence-corrected chi connectivity index (χ0v) is 12.1. The summed E-state index contributed by atoms with van der Waals surface area (Å²) in [6.07, 6.45) is 1.81. The number of aliphatic imine (C=N–C) groups is 1. The third-order valence-electron chi connectivity index (χ3n) is 3.51. The van der Waals surface area contributed by atoms with Gasteiger partial charge in [0.1, 0.15) is 5.69 Å². The molecule has 0 saturated heterocycles. The lowest BCUT2D eigenvalue weighted by molar-refractivity contribution is 0.590. The quantitative estimate of drug-likeness (QED) is 0.852. The van der Waals surface area contributed by atoms with E-state index in [9.17, 15) is 0 Å². The van der Waals surface area contributed by atoms with Crippen LogP contribution in [0.25, 0.3) is 0 Å². The Balaban J connectivity index is 1.87. The van der Waals surface area contributed by atoms with Gasteiger partial charge >= 0.3 is 0 Å². The minimum Gasteiger partial charge on any atom is -0.339 e. The lowest BCUT2D eigenvalue weighted by atomic mass is 9.87. The van der Waals surface area contributed by atoms with E-state index >= 15 is 0 Å². The molecule has 0 unspecified atom stereocenters. The molecule has 2 heterocycles. The molecular formula is C17H19N3. The van der Waals surface area contributed by atoms with E-state index in [1.54, 1.807) is 0 Å². The molecule has 1 aliphatic heterocycles. The van der Waals surface area contributed by atoms with Crippen molar-refractivity contribution in [2.45, 2.75) is 32.7 Å². The van der Waals surface area contributed by atoms with Crippen LogP contribution in [-0.2, 0) is 12.0 Å². The van der Waals surface area contributed by atoms with E-state index in [4.69, 9.17) is 0 Å². The van der Waals surface area contributed by atoms with E-state index in [0.29, 0.717) is 6.54 Å². The number of nitrogens with one attached hydrogen (secondary N) is 1. The molecule has 3 rings (SSSR count). The first-order valence-electron chi connectivity index (χ1n) is 6.90. The second-order valence-electron chi connectivity index (χ2n) is 6.13. The van der Waals surface area contributed by atoms with Crippen molar-refractivity contribution in [3.8, 4) is 0 Å². The molecule has 102 valence electrons. The Morgan fingerprint density at radius 2 is 1.95 bits per heavy atom. The van der Waals surface area contributed by atoms with E-state index in [2.05, 4.69) is 66.4 Å². The molecule has 1 aromatic heterocycles. The van der Waals surface area contributed by atoms with E-state index < -0.39 is 0 Å². The summed E-state index contributed by atoms with van der Waals surface area (Å²) < 4.78 is 0. The molecule has 1 aliphatic rings. The average molecular weight is 265 g/mol. The predicted molar refractivity (Wildman–Crippen MR) is 83.2 cm³/mol. The Bertz CT molecular complexity index is 666. The molecule has 0 aliphatic carbocycles. The normalized spacial score (nSPS) is 13.8. The summed E-state index contributed by atoms with van der Waals surface area (Å²) in [5.74, 6) is 0.867. The summed E-state index contributed by atoms with van der Waals surface area (Å²) in [4.78, 5) is 8.95. The minimum absolute atomic E-state index is 0.144. The molecule has 0 spiro atoms. The predicted octanol–water partition coefficient (Wildman–Crippen LogP) is 3.75. The average Bonchev–Trinajstić information content (AvgIpc) is 2.82. The summed E-state index contributed by atoms with van der Waals surface area (Å²) in [7, 11) is 0. The van der Waals surface area contributed by atoms with Crippen LogP contribution in [0.4, 0.5) is 5.69 Å². The van der Waals surface area contributed by atoms with Crippen molar-refractivity contribution in [1.29, 1.82) is 0 Å². The molecule has 3 heteroatoms. The highest BCUT2D eigenvalue weighted by Gasteiger charge is 2.18. The van der Waals surface area contributed by atoms with Crippen LogP contribution in [-0.4, -0.2) is 10.8 Å². The number of amidine groups is 1. The fourth-order valence-corrected chi connectivity index (χ4v) is 2.32. The van der Waals surface area contributed by atoms with E-state index in [1.165, 1.54) is 11.1 Å². The molecule has 0 amide bonds. The maximum atomic E-state index is 4.53. The first kappa shape index (κ1) is 12.9. The van der Waals surface area contributed by atoms with Crippen molar-refractivity contribution >= 4 is 11.5 Å². The fourth-order valence-electron chi connectivity index (χ4n) is 2.32. The second-order valence-corrected chi connectivity index (χ2v) is 6.13. The van der Waals surface area contributed by atoms with Gasteiger partial charge in [-0.2, -0.15) is 0 Å². The van der Waals surface area contributed by atoms with Crippen LogP contribution < -0.4 is 5.32 Å². The van der Waals surface area contributed by atoms with E-state index in [0.717, 1.165) is 17.2 Å². The highest BCUT2D eigenvalue weighted by molar-refractivity contribution is 6.09. The zero-order chi connectivity index (χ0) is 14.2. The number of aromatic nitrogens is 1. The smallest absolute Gasteiger partial charge is 0.152 e. The van der Waals surface area contributed by atoms with Gasteiger partial charge < -0.3 is 5.32 Å². The van der Waals surface area contributed by atoms with E-state index in [-0.39, 0.29) is 5.41 Å². The van der Waals surface area contributed by atoms with Gasteiger partial charge in [-0.25, -0.2) is 0 Å². The largest absolute Gasteiger partial charge is 0.339 e. The minimum atomic E-state index is 0.144. The number of rotatable bonds is 1. The SMILES string of the molecule is CC(C)(C)c1cccc(NC2=NCc3cccnc32)c1.